The first-order chi connectivity index (χ1) is 13.7. The Balaban J connectivity index is 0.00000300. The Morgan fingerprint density at radius 1 is 1.10 bits per heavy atom. The zero-order valence-corrected chi connectivity index (χ0v) is 19.0. The Labute approximate surface area is 188 Å². The molecule has 1 aliphatic heterocycles. The molecule has 1 amide bonds. The zero-order chi connectivity index (χ0) is 19.8. The molecule has 7 heteroatoms. The van der Waals surface area contributed by atoms with Crippen LogP contribution in [0, 0.1) is 5.82 Å². The van der Waals surface area contributed by atoms with E-state index in [9.17, 15) is 9.18 Å². The Hall–Kier alpha value is -2.16. The van der Waals surface area contributed by atoms with Gasteiger partial charge >= 0.3 is 0 Å². The fourth-order valence-electron chi connectivity index (χ4n) is 3.38. The van der Waals surface area contributed by atoms with E-state index in [1.54, 1.807) is 19.2 Å². The third-order valence-electron chi connectivity index (χ3n) is 4.89. The summed E-state index contributed by atoms with van der Waals surface area (Å²) in [5, 5.41) is 6.48. The van der Waals surface area contributed by atoms with Crippen LogP contribution in [0.4, 0.5) is 10.1 Å². The fourth-order valence-corrected chi connectivity index (χ4v) is 3.38. The summed E-state index contributed by atoms with van der Waals surface area (Å²) in [4.78, 5) is 18.6. The van der Waals surface area contributed by atoms with E-state index in [1.165, 1.54) is 17.7 Å². The Morgan fingerprint density at radius 2 is 1.83 bits per heavy atom. The molecule has 0 radical (unpaired) electrons. The summed E-state index contributed by atoms with van der Waals surface area (Å²) in [6.45, 7) is 2.16. The van der Waals surface area contributed by atoms with Crippen LogP contribution >= 0.6 is 24.0 Å². The minimum absolute atomic E-state index is 0. The summed E-state index contributed by atoms with van der Waals surface area (Å²) < 4.78 is 12.9. The van der Waals surface area contributed by atoms with Crippen LogP contribution in [0.25, 0.3) is 0 Å². The summed E-state index contributed by atoms with van der Waals surface area (Å²) in [5.74, 6) is 0.660. The molecule has 0 bridgehead atoms. The molecule has 0 saturated heterocycles. The number of hydrogen-bond acceptors (Lipinski definition) is 2. The molecule has 0 atom stereocenters. The number of nitrogens with zero attached hydrogens (tertiary/aromatic N) is 2. The molecule has 0 unspecified atom stereocenters. The molecule has 3 rings (SSSR count). The van der Waals surface area contributed by atoms with Crippen molar-refractivity contribution in [2.45, 2.75) is 25.7 Å². The number of hydrogen-bond donors (Lipinski definition) is 2. The van der Waals surface area contributed by atoms with E-state index < -0.39 is 0 Å². The van der Waals surface area contributed by atoms with E-state index in [0.717, 1.165) is 37.1 Å². The highest BCUT2D eigenvalue weighted by Crippen LogP contribution is 2.27. The lowest BCUT2D eigenvalue weighted by atomic mass is 10.1. The van der Waals surface area contributed by atoms with Crippen molar-refractivity contribution in [3.05, 3.63) is 65.5 Å². The molecule has 2 aromatic rings. The van der Waals surface area contributed by atoms with Crippen LogP contribution in [0.2, 0.25) is 0 Å². The molecule has 1 aliphatic rings. The molecule has 5 nitrogen and oxygen atoms in total. The standard InChI is InChI=1S/C22H27FN4O.HI/c1-24-22(26-15-12-17-8-10-19(23)11-9-17)25-14-4-7-21(28)27-16-13-18-5-2-3-6-20(18)27;/h2-3,5-6,8-11H,4,7,12-16H2,1H3,(H2,24,25,26);1H. The van der Waals surface area contributed by atoms with E-state index in [1.807, 2.05) is 23.1 Å². The number of fused-ring (bicyclic) bond motifs is 1. The number of nitrogens with one attached hydrogen (secondary N) is 2. The summed E-state index contributed by atoms with van der Waals surface area (Å²) in [5.41, 5.74) is 3.37. The van der Waals surface area contributed by atoms with Crippen molar-refractivity contribution in [3.63, 3.8) is 0 Å². The predicted octanol–water partition coefficient (Wildman–Crippen LogP) is 3.52. The largest absolute Gasteiger partial charge is 0.356 e. The maximum Gasteiger partial charge on any atom is 0.227 e. The number of halogens is 2. The maximum absolute atomic E-state index is 12.9. The lowest BCUT2D eigenvalue weighted by molar-refractivity contribution is -0.118. The van der Waals surface area contributed by atoms with Gasteiger partial charge in [-0.15, -0.1) is 24.0 Å². The molecular weight excluding hydrogens is 482 g/mol. The van der Waals surface area contributed by atoms with Gasteiger partial charge in [-0.1, -0.05) is 30.3 Å². The number of carbonyl (C=O) groups is 1. The van der Waals surface area contributed by atoms with Crippen LogP contribution < -0.4 is 15.5 Å². The zero-order valence-electron chi connectivity index (χ0n) is 16.7. The van der Waals surface area contributed by atoms with Gasteiger partial charge in [0, 0.05) is 38.8 Å². The quantitative estimate of drug-likeness (QED) is 0.260. The molecule has 0 saturated carbocycles. The molecule has 156 valence electrons. The molecule has 0 fully saturated rings. The smallest absolute Gasteiger partial charge is 0.227 e. The normalized spacial score (nSPS) is 12.9. The number of aliphatic imine (C=N–C) groups is 1. The highest BCUT2D eigenvalue weighted by molar-refractivity contribution is 14.0. The lowest BCUT2D eigenvalue weighted by Gasteiger charge is -2.17. The second-order valence-corrected chi connectivity index (χ2v) is 6.83. The van der Waals surface area contributed by atoms with Crippen molar-refractivity contribution in [3.8, 4) is 0 Å². The Bertz CT molecular complexity index is 826. The first-order valence-corrected chi connectivity index (χ1v) is 9.74. The van der Waals surface area contributed by atoms with Gasteiger partial charge in [0.1, 0.15) is 5.82 Å². The van der Waals surface area contributed by atoms with Crippen molar-refractivity contribution >= 4 is 41.5 Å². The number of amides is 1. The lowest BCUT2D eigenvalue weighted by Crippen LogP contribution is -2.39. The molecule has 0 aromatic heterocycles. The molecule has 29 heavy (non-hydrogen) atoms. The number of para-hydroxylation sites is 1. The molecule has 2 aromatic carbocycles. The molecule has 2 N–H and O–H groups in total. The van der Waals surface area contributed by atoms with E-state index >= 15 is 0 Å². The van der Waals surface area contributed by atoms with Crippen molar-refractivity contribution in [1.82, 2.24) is 10.6 Å². The number of anilines is 1. The van der Waals surface area contributed by atoms with Crippen LogP contribution in [-0.4, -0.2) is 38.5 Å². The third-order valence-corrected chi connectivity index (χ3v) is 4.89. The van der Waals surface area contributed by atoms with E-state index in [2.05, 4.69) is 21.7 Å². The van der Waals surface area contributed by atoms with Gasteiger partial charge in [-0.2, -0.15) is 0 Å². The third kappa shape index (κ3) is 6.69. The monoisotopic (exact) mass is 510 g/mol. The minimum atomic E-state index is -0.221. The SMILES string of the molecule is CN=C(NCCCC(=O)N1CCc2ccccc21)NCCc1ccc(F)cc1.I. The number of carbonyl (C=O) groups excluding carboxylic acids is 1. The Morgan fingerprint density at radius 3 is 2.59 bits per heavy atom. The van der Waals surface area contributed by atoms with Gasteiger partial charge in [0.05, 0.1) is 0 Å². The van der Waals surface area contributed by atoms with Crippen LogP contribution in [0.3, 0.4) is 0 Å². The highest BCUT2D eigenvalue weighted by atomic mass is 127. The minimum Gasteiger partial charge on any atom is -0.356 e. The van der Waals surface area contributed by atoms with Crippen LogP contribution in [-0.2, 0) is 17.6 Å². The maximum atomic E-state index is 12.9. The van der Waals surface area contributed by atoms with Gasteiger partial charge in [-0.05, 0) is 48.6 Å². The number of guanidine groups is 1. The second-order valence-electron chi connectivity index (χ2n) is 6.83. The first kappa shape index (κ1) is 23.1. The van der Waals surface area contributed by atoms with Gasteiger partial charge in [-0.25, -0.2) is 4.39 Å². The summed E-state index contributed by atoms with van der Waals surface area (Å²) in [7, 11) is 1.72. The van der Waals surface area contributed by atoms with Gasteiger partial charge in [0.2, 0.25) is 5.91 Å². The van der Waals surface area contributed by atoms with Crippen LogP contribution in [0.1, 0.15) is 24.0 Å². The van der Waals surface area contributed by atoms with Crippen LogP contribution in [0.15, 0.2) is 53.5 Å². The summed E-state index contributed by atoms with van der Waals surface area (Å²) in [6, 6.07) is 14.6. The summed E-state index contributed by atoms with van der Waals surface area (Å²) >= 11 is 0. The van der Waals surface area contributed by atoms with E-state index in [0.29, 0.717) is 25.5 Å². The molecular formula is C22H28FIN4O. The average molecular weight is 510 g/mol. The predicted molar refractivity (Wildman–Crippen MR) is 127 cm³/mol. The van der Waals surface area contributed by atoms with E-state index in [4.69, 9.17) is 0 Å². The highest BCUT2D eigenvalue weighted by Gasteiger charge is 2.23. The van der Waals surface area contributed by atoms with Gasteiger partial charge < -0.3 is 15.5 Å². The summed E-state index contributed by atoms with van der Waals surface area (Å²) in [6.07, 6.45) is 2.97. The van der Waals surface area contributed by atoms with Crippen molar-refractivity contribution in [2.75, 3.05) is 31.6 Å². The first-order valence-electron chi connectivity index (χ1n) is 9.74. The topological polar surface area (TPSA) is 56.7 Å². The average Bonchev–Trinajstić information content (AvgIpc) is 3.15. The van der Waals surface area contributed by atoms with Crippen molar-refractivity contribution in [2.24, 2.45) is 4.99 Å². The van der Waals surface area contributed by atoms with Crippen molar-refractivity contribution in [1.29, 1.82) is 0 Å². The van der Waals surface area contributed by atoms with Crippen LogP contribution in [0.5, 0.6) is 0 Å². The fraction of sp³-hybridized carbons (Fsp3) is 0.364. The molecule has 0 aliphatic carbocycles. The number of rotatable bonds is 7. The van der Waals surface area contributed by atoms with Gasteiger partial charge in [0.25, 0.3) is 0 Å². The van der Waals surface area contributed by atoms with Crippen molar-refractivity contribution < 1.29 is 9.18 Å². The molecule has 1 heterocycles. The Kier molecular flexibility index (Phi) is 9.37. The van der Waals surface area contributed by atoms with Gasteiger partial charge in [0.15, 0.2) is 5.96 Å². The van der Waals surface area contributed by atoms with Gasteiger partial charge in [-0.3, -0.25) is 9.79 Å². The second kappa shape index (κ2) is 11.7. The van der Waals surface area contributed by atoms with E-state index in [-0.39, 0.29) is 35.7 Å². The number of benzene rings is 2. The molecule has 0 spiro atoms.